The summed E-state index contributed by atoms with van der Waals surface area (Å²) in [6.45, 7) is 8.76. The van der Waals surface area contributed by atoms with Crippen molar-refractivity contribution in [3.05, 3.63) is 0 Å². The number of nitrogens with zero attached hydrogens (tertiary/aromatic N) is 1. The Labute approximate surface area is 128 Å². The van der Waals surface area contributed by atoms with Gasteiger partial charge < -0.3 is 15.3 Å². The number of nitrogens with one attached hydrogen (secondary N) is 1. The van der Waals surface area contributed by atoms with Gasteiger partial charge in [-0.25, -0.2) is 4.79 Å². The number of carbonyl (C=O) groups excluding carboxylic acids is 1. The van der Waals surface area contributed by atoms with Crippen LogP contribution in [-0.2, 0) is 4.79 Å². The molecule has 1 fully saturated rings. The lowest BCUT2D eigenvalue weighted by molar-refractivity contribution is -0.138. The van der Waals surface area contributed by atoms with Crippen molar-refractivity contribution in [2.45, 2.75) is 71.9 Å². The molecule has 0 saturated carbocycles. The van der Waals surface area contributed by atoms with Crippen molar-refractivity contribution in [1.82, 2.24) is 10.2 Å². The van der Waals surface area contributed by atoms with Gasteiger partial charge in [-0.3, -0.25) is 4.79 Å². The Bertz CT molecular complexity index is 347. The first kappa shape index (κ1) is 17.8. The average Bonchev–Trinajstić information content (AvgIpc) is 2.34. The average molecular weight is 298 g/mol. The summed E-state index contributed by atoms with van der Waals surface area (Å²) in [5.74, 6) is -0.365. The third kappa shape index (κ3) is 5.94. The number of carboxylic acid groups (broad SMARTS) is 1. The zero-order valence-corrected chi connectivity index (χ0v) is 13.8. The number of amides is 2. The number of likely N-dealkylation sites (tertiary alicyclic amines) is 1. The lowest BCUT2D eigenvalue weighted by Crippen LogP contribution is -2.52. The zero-order valence-electron chi connectivity index (χ0n) is 13.8. The van der Waals surface area contributed by atoms with Crippen LogP contribution in [0.1, 0.15) is 59.8 Å². The van der Waals surface area contributed by atoms with Gasteiger partial charge >= 0.3 is 12.0 Å². The summed E-state index contributed by atoms with van der Waals surface area (Å²) < 4.78 is 0. The second-order valence-electron chi connectivity index (χ2n) is 6.82. The molecular formula is C16H30N2O3. The summed E-state index contributed by atoms with van der Waals surface area (Å²) in [5.41, 5.74) is 0. The molecule has 3 atom stereocenters. The molecule has 0 aromatic heterocycles. The summed E-state index contributed by atoms with van der Waals surface area (Å²) in [5, 5.41) is 11.9. The number of rotatable bonds is 6. The van der Waals surface area contributed by atoms with Gasteiger partial charge in [0.2, 0.25) is 0 Å². The second-order valence-corrected chi connectivity index (χ2v) is 6.82. The second kappa shape index (κ2) is 8.25. The first-order valence-electron chi connectivity index (χ1n) is 8.09. The largest absolute Gasteiger partial charge is 0.481 e. The Hall–Kier alpha value is -1.26. The van der Waals surface area contributed by atoms with E-state index < -0.39 is 5.97 Å². The van der Waals surface area contributed by atoms with E-state index in [1.165, 1.54) is 6.42 Å². The molecule has 1 saturated heterocycles. The smallest absolute Gasteiger partial charge is 0.317 e. The van der Waals surface area contributed by atoms with Crippen LogP contribution in [-0.4, -0.2) is 40.6 Å². The van der Waals surface area contributed by atoms with Gasteiger partial charge in [-0.1, -0.05) is 13.8 Å². The Kier molecular flexibility index (Phi) is 6.99. The van der Waals surface area contributed by atoms with Crippen LogP contribution in [0.15, 0.2) is 0 Å². The molecule has 5 nitrogen and oxygen atoms in total. The van der Waals surface area contributed by atoms with E-state index in [2.05, 4.69) is 33.0 Å². The summed E-state index contributed by atoms with van der Waals surface area (Å²) in [7, 11) is 0. The van der Waals surface area contributed by atoms with Gasteiger partial charge in [0.25, 0.3) is 0 Å². The van der Waals surface area contributed by atoms with Crippen LogP contribution in [0, 0.1) is 11.8 Å². The summed E-state index contributed by atoms with van der Waals surface area (Å²) >= 11 is 0. The Morgan fingerprint density at radius 1 is 1.24 bits per heavy atom. The Balaban J connectivity index is 2.53. The van der Waals surface area contributed by atoms with E-state index in [0.29, 0.717) is 12.5 Å². The quantitative estimate of drug-likeness (QED) is 0.791. The molecule has 0 aromatic carbocycles. The highest BCUT2D eigenvalue weighted by molar-refractivity contribution is 5.75. The number of piperidine rings is 1. The number of aliphatic carboxylic acids is 1. The third-order valence-corrected chi connectivity index (χ3v) is 4.24. The number of hydrogen-bond donors (Lipinski definition) is 2. The fraction of sp³-hybridized carbons (Fsp3) is 0.875. The highest BCUT2D eigenvalue weighted by atomic mass is 16.4. The van der Waals surface area contributed by atoms with E-state index in [0.717, 1.165) is 19.3 Å². The minimum absolute atomic E-state index is 0.00172. The van der Waals surface area contributed by atoms with E-state index in [-0.39, 0.29) is 30.5 Å². The summed E-state index contributed by atoms with van der Waals surface area (Å²) in [6, 6.07) is 0.474. The van der Waals surface area contributed by atoms with Gasteiger partial charge in [0.15, 0.2) is 0 Å². The van der Waals surface area contributed by atoms with Crippen LogP contribution >= 0.6 is 0 Å². The Morgan fingerprint density at radius 3 is 2.29 bits per heavy atom. The zero-order chi connectivity index (χ0) is 16.0. The van der Waals surface area contributed by atoms with E-state index in [9.17, 15) is 9.59 Å². The van der Waals surface area contributed by atoms with Crippen molar-refractivity contribution in [3.8, 4) is 0 Å². The first-order valence-corrected chi connectivity index (χ1v) is 8.09. The number of carboxylic acids is 1. The molecule has 21 heavy (non-hydrogen) atoms. The third-order valence-electron chi connectivity index (χ3n) is 4.24. The lowest BCUT2D eigenvalue weighted by Gasteiger charge is -2.39. The van der Waals surface area contributed by atoms with E-state index in [1.54, 1.807) is 0 Å². The first-order chi connectivity index (χ1) is 9.81. The molecule has 1 aliphatic heterocycles. The predicted molar refractivity (Wildman–Crippen MR) is 83.2 cm³/mol. The summed E-state index contributed by atoms with van der Waals surface area (Å²) in [4.78, 5) is 25.2. The number of hydrogen-bond acceptors (Lipinski definition) is 2. The van der Waals surface area contributed by atoms with Crippen molar-refractivity contribution in [2.75, 3.05) is 6.54 Å². The predicted octanol–water partition coefficient (Wildman–Crippen LogP) is 3.10. The topological polar surface area (TPSA) is 69.6 Å². The standard InChI is InChI=1S/C16H30N2O3/c1-11(2)8-14(9-15(19)20)10-17-16(21)18-12(3)6-5-7-13(18)4/h11-14H,5-10H2,1-4H3,(H,17,21)(H,19,20)/t12?,13?,14-/m0/s1. The Morgan fingerprint density at radius 2 is 1.81 bits per heavy atom. The number of carbonyl (C=O) groups is 2. The van der Waals surface area contributed by atoms with Crippen LogP contribution in [0.5, 0.6) is 0 Å². The molecular weight excluding hydrogens is 268 g/mol. The van der Waals surface area contributed by atoms with Crippen LogP contribution in [0.2, 0.25) is 0 Å². The van der Waals surface area contributed by atoms with Crippen LogP contribution in [0.4, 0.5) is 4.79 Å². The molecule has 0 radical (unpaired) electrons. The maximum Gasteiger partial charge on any atom is 0.317 e. The van der Waals surface area contributed by atoms with Crippen molar-refractivity contribution in [2.24, 2.45) is 11.8 Å². The molecule has 2 N–H and O–H groups in total. The van der Waals surface area contributed by atoms with Gasteiger partial charge in [0, 0.05) is 25.0 Å². The van der Waals surface area contributed by atoms with Gasteiger partial charge in [-0.05, 0) is 51.4 Å². The SMILES string of the molecule is CC(C)C[C@H](CNC(=O)N1C(C)CCCC1C)CC(=O)O. The molecule has 1 heterocycles. The van der Waals surface area contributed by atoms with Crippen LogP contribution in [0.25, 0.3) is 0 Å². The van der Waals surface area contributed by atoms with Crippen molar-refractivity contribution >= 4 is 12.0 Å². The molecule has 0 spiro atoms. The molecule has 2 unspecified atom stereocenters. The molecule has 122 valence electrons. The normalized spacial score (nSPS) is 24.0. The van der Waals surface area contributed by atoms with Gasteiger partial charge in [-0.2, -0.15) is 0 Å². The molecule has 0 aliphatic carbocycles. The van der Waals surface area contributed by atoms with Crippen molar-refractivity contribution < 1.29 is 14.7 Å². The van der Waals surface area contributed by atoms with Crippen molar-refractivity contribution in [1.29, 1.82) is 0 Å². The molecule has 2 amide bonds. The van der Waals surface area contributed by atoms with Crippen LogP contribution in [0.3, 0.4) is 0 Å². The van der Waals surface area contributed by atoms with Gasteiger partial charge in [0.1, 0.15) is 0 Å². The van der Waals surface area contributed by atoms with Crippen LogP contribution < -0.4 is 5.32 Å². The fourth-order valence-corrected chi connectivity index (χ4v) is 3.30. The fourth-order valence-electron chi connectivity index (χ4n) is 3.30. The van der Waals surface area contributed by atoms with E-state index >= 15 is 0 Å². The van der Waals surface area contributed by atoms with E-state index in [4.69, 9.17) is 5.11 Å². The highest BCUT2D eigenvalue weighted by Crippen LogP contribution is 2.22. The maximum atomic E-state index is 12.4. The van der Waals surface area contributed by atoms with E-state index in [1.807, 2.05) is 4.90 Å². The van der Waals surface area contributed by atoms with Gasteiger partial charge in [-0.15, -0.1) is 0 Å². The molecule has 1 rings (SSSR count). The molecule has 0 bridgehead atoms. The van der Waals surface area contributed by atoms with Crippen molar-refractivity contribution in [3.63, 3.8) is 0 Å². The summed E-state index contributed by atoms with van der Waals surface area (Å²) in [6.07, 6.45) is 4.19. The monoisotopic (exact) mass is 298 g/mol. The minimum Gasteiger partial charge on any atom is -0.481 e. The maximum absolute atomic E-state index is 12.4. The lowest BCUT2D eigenvalue weighted by atomic mass is 9.94. The minimum atomic E-state index is -0.797. The van der Waals surface area contributed by atoms with Gasteiger partial charge in [0.05, 0.1) is 0 Å². The molecule has 0 aromatic rings. The number of urea groups is 1. The highest BCUT2D eigenvalue weighted by Gasteiger charge is 2.29. The molecule has 1 aliphatic rings. The molecule has 5 heteroatoms.